The maximum atomic E-state index is 12.5. The lowest BCUT2D eigenvalue weighted by atomic mass is 10.0. The minimum Gasteiger partial charge on any atom is -0.495 e. The molecule has 0 fully saturated rings. The number of methoxy groups -OCH3 is 1. The average molecular weight is 460 g/mol. The zero-order valence-corrected chi connectivity index (χ0v) is 19.9. The van der Waals surface area contributed by atoms with Crippen LogP contribution >= 0.6 is 34.9 Å². The van der Waals surface area contributed by atoms with E-state index in [4.69, 9.17) is 4.74 Å². The van der Waals surface area contributed by atoms with Crippen LogP contribution in [0.2, 0.25) is 0 Å². The van der Waals surface area contributed by atoms with E-state index in [1.165, 1.54) is 34.2 Å². The van der Waals surface area contributed by atoms with Crippen molar-refractivity contribution in [3.8, 4) is 5.75 Å². The van der Waals surface area contributed by atoms with Crippen LogP contribution in [-0.2, 0) is 10.5 Å². The summed E-state index contributed by atoms with van der Waals surface area (Å²) >= 11 is 4.60. The van der Waals surface area contributed by atoms with E-state index in [-0.39, 0.29) is 11.2 Å². The lowest BCUT2D eigenvalue weighted by Gasteiger charge is -2.12. The van der Waals surface area contributed by atoms with Gasteiger partial charge in [-0.15, -0.1) is 10.2 Å². The zero-order valence-electron chi connectivity index (χ0n) is 17.4. The van der Waals surface area contributed by atoms with Crippen LogP contribution in [0.3, 0.4) is 0 Å². The van der Waals surface area contributed by atoms with Gasteiger partial charge < -0.3 is 10.1 Å². The molecule has 0 saturated heterocycles. The molecule has 1 unspecified atom stereocenters. The van der Waals surface area contributed by atoms with Crippen molar-refractivity contribution in [3.63, 3.8) is 0 Å². The maximum Gasteiger partial charge on any atom is 0.237 e. The molecule has 1 amide bonds. The Morgan fingerprint density at radius 2 is 1.77 bits per heavy atom. The molecule has 30 heavy (non-hydrogen) atoms. The molecular weight excluding hydrogens is 434 g/mol. The molecule has 2 aromatic carbocycles. The van der Waals surface area contributed by atoms with Crippen LogP contribution in [0.5, 0.6) is 5.75 Å². The fourth-order valence-electron chi connectivity index (χ4n) is 2.63. The molecule has 0 spiro atoms. The Morgan fingerprint density at radius 1 is 1.07 bits per heavy atom. The third-order valence-electron chi connectivity index (χ3n) is 4.41. The number of thioether (sulfide) groups is 2. The number of rotatable bonds is 9. The molecule has 0 aliphatic heterocycles. The molecule has 1 heterocycles. The SMILES string of the molecule is COc1ccccc1NC(=O)C(C)Sc1nnc(SCc2ccc(C(C)C)cc2)s1. The molecule has 1 N–H and O–H groups in total. The van der Waals surface area contributed by atoms with Crippen molar-refractivity contribution < 1.29 is 9.53 Å². The lowest BCUT2D eigenvalue weighted by Crippen LogP contribution is -2.22. The Labute approximate surface area is 190 Å². The monoisotopic (exact) mass is 459 g/mol. The summed E-state index contributed by atoms with van der Waals surface area (Å²) in [6, 6.07) is 16.1. The smallest absolute Gasteiger partial charge is 0.237 e. The first kappa shape index (κ1) is 22.7. The number of nitrogens with one attached hydrogen (secondary N) is 1. The summed E-state index contributed by atoms with van der Waals surface area (Å²) in [6.45, 7) is 6.25. The van der Waals surface area contributed by atoms with Crippen molar-refractivity contribution in [2.45, 2.75) is 46.4 Å². The van der Waals surface area contributed by atoms with E-state index in [2.05, 4.69) is 53.6 Å². The standard InChI is InChI=1S/C22H25N3O2S3/c1-14(2)17-11-9-16(10-12-17)13-28-21-24-25-22(30-21)29-15(3)20(26)23-18-7-5-6-8-19(18)27-4/h5-12,14-15H,13H2,1-4H3,(H,23,26). The van der Waals surface area contributed by atoms with Gasteiger partial charge in [-0.2, -0.15) is 0 Å². The number of carbonyl (C=O) groups is 1. The highest BCUT2D eigenvalue weighted by Crippen LogP contribution is 2.33. The zero-order chi connectivity index (χ0) is 21.5. The van der Waals surface area contributed by atoms with Gasteiger partial charge in [0.25, 0.3) is 0 Å². The Bertz CT molecular complexity index is 974. The molecule has 0 radical (unpaired) electrons. The third kappa shape index (κ3) is 6.23. The highest BCUT2D eigenvalue weighted by Gasteiger charge is 2.18. The normalized spacial score (nSPS) is 12.0. The number of ether oxygens (including phenoxy) is 1. The average Bonchev–Trinajstić information content (AvgIpc) is 3.20. The van der Waals surface area contributed by atoms with Crippen LogP contribution < -0.4 is 10.1 Å². The van der Waals surface area contributed by atoms with E-state index in [1.807, 2.05) is 31.2 Å². The van der Waals surface area contributed by atoms with Crippen molar-refractivity contribution in [1.82, 2.24) is 10.2 Å². The van der Waals surface area contributed by atoms with E-state index < -0.39 is 0 Å². The molecule has 158 valence electrons. The first-order valence-electron chi connectivity index (χ1n) is 9.62. The molecule has 1 aromatic heterocycles. The predicted molar refractivity (Wildman–Crippen MR) is 127 cm³/mol. The molecule has 0 saturated carbocycles. The van der Waals surface area contributed by atoms with Gasteiger partial charge in [-0.25, -0.2) is 0 Å². The number of amides is 1. The van der Waals surface area contributed by atoms with Crippen molar-refractivity contribution in [2.24, 2.45) is 0 Å². The maximum absolute atomic E-state index is 12.5. The van der Waals surface area contributed by atoms with Crippen LogP contribution in [0.4, 0.5) is 5.69 Å². The fraction of sp³-hybridized carbons (Fsp3) is 0.318. The third-order valence-corrected chi connectivity index (χ3v) is 7.72. The van der Waals surface area contributed by atoms with Gasteiger partial charge in [0.15, 0.2) is 8.68 Å². The minimum absolute atomic E-state index is 0.0980. The van der Waals surface area contributed by atoms with Crippen LogP contribution in [0.1, 0.15) is 37.8 Å². The van der Waals surface area contributed by atoms with Gasteiger partial charge in [0.1, 0.15) is 5.75 Å². The first-order chi connectivity index (χ1) is 14.5. The highest BCUT2D eigenvalue weighted by atomic mass is 32.2. The first-order valence-corrected chi connectivity index (χ1v) is 12.3. The van der Waals surface area contributed by atoms with Gasteiger partial charge in [-0.3, -0.25) is 4.79 Å². The van der Waals surface area contributed by atoms with Crippen molar-refractivity contribution >= 4 is 46.5 Å². The van der Waals surface area contributed by atoms with Gasteiger partial charge in [0, 0.05) is 5.75 Å². The quantitative estimate of drug-likeness (QED) is 0.391. The summed E-state index contributed by atoms with van der Waals surface area (Å²) in [5, 5.41) is 11.1. The number of hydrogen-bond donors (Lipinski definition) is 1. The Balaban J connectivity index is 1.52. The molecule has 1 atom stereocenters. The van der Waals surface area contributed by atoms with E-state index in [1.54, 1.807) is 18.9 Å². The van der Waals surface area contributed by atoms with Crippen molar-refractivity contribution in [1.29, 1.82) is 0 Å². The van der Waals surface area contributed by atoms with Crippen LogP contribution in [0.25, 0.3) is 0 Å². The Hall–Kier alpha value is -2.03. The fourth-order valence-corrected chi connectivity index (χ4v) is 5.75. The van der Waals surface area contributed by atoms with Gasteiger partial charge >= 0.3 is 0 Å². The molecule has 8 heteroatoms. The number of aromatic nitrogens is 2. The second-order valence-corrected chi connectivity index (χ2v) is 10.8. The summed E-state index contributed by atoms with van der Waals surface area (Å²) in [5.41, 5.74) is 3.27. The number of para-hydroxylation sites is 2. The van der Waals surface area contributed by atoms with E-state index in [0.29, 0.717) is 17.4 Å². The van der Waals surface area contributed by atoms with Gasteiger partial charge in [-0.05, 0) is 36.1 Å². The Kier molecular flexibility index (Phi) is 8.18. The van der Waals surface area contributed by atoms with Gasteiger partial charge in [0.2, 0.25) is 5.91 Å². The Morgan fingerprint density at radius 3 is 2.47 bits per heavy atom. The molecular formula is C22H25N3O2S3. The summed E-state index contributed by atoms with van der Waals surface area (Å²) in [6.07, 6.45) is 0. The van der Waals surface area contributed by atoms with Crippen LogP contribution in [-0.4, -0.2) is 28.5 Å². The molecule has 3 aromatic rings. The minimum atomic E-state index is -0.302. The molecule has 0 aliphatic rings. The topological polar surface area (TPSA) is 64.1 Å². The molecule has 3 rings (SSSR count). The van der Waals surface area contributed by atoms with Gasteiger partial charge in [0.05, 0.1) is 18.0 Å². The largest absolute Gasteiger partial charge is 0.495 e. The summed E-state index contributed by atoms with van der Waals surface area (Å²) in [7, 11) is 1.59. The number of carbonyl (C=O) groups excluding carboxylic acids is 1. The number of nitrogens with zero attached hydrogens (tertiary/aromatic N) is 2. The van der Waals surface area contributed by atoms with Crippen molar-refractivity contribution in [2.75, 3.05) is 12.4 Å². The number of anilines is 1. The van der Waals surface area contributed by atoms with E-state index in [9.17, 15) is 4.79 Å². The van der Waals surface area contributed by atoms with Crippen LogP contribution in [0.15, 0.2) is 57.2 Å². The predicted octanol–water partition coefficient (Wildman–Crippen LogP) is 6.08. The number of hydrogen-bond acceptors (Lipinski definition) is 7. The van der Waals surface area contributed by atoms with Crippen molar-refractivity contribution in [3.05, 3.63) is 59.7 Å². The van der Waals surface area contributed by atoms with Gasteiger partial charge in [-0.1, -0.05) is 85.1 Å². The molecule has 0 bridgehead atoms. The van der Waals surface area contributed by atoms with Crippen LogP contribution in [0, 0.1) is 0 Å². The van der Waals surface area contributed by atoms with E-state index >= 15 is 0 Å². The molecule has 5 nitrogen and oxygen atoms in total. The summed E-state index contributed by atoms with van der Waals surface area (Å²) in [5.74, 6) is 1.93. The summed E-state index contributed by atoms with van der Waals surface area (Å²) in [4.78, 5) is 12.5. The number of benzene rings is 2. The second kappa shape index (κ2) is 10.8. The lowest BCUT2D eigenvalue weighted by molar-refractivity contribution is -0.115. The highest BCUT2D eigenvalue weighted by molar-refractivity contribution is 8.03. The second-order valence-electron chi connectivity index (χ2n) is 6.97. The summed E-state index contributed by atoms with van der Waals surface area (Å²) < 4.78 is 6.98. The van der Waals surface area contributed by atoms with E-state index in [0.717, 1.165) is 14.4 Å². The molecule has 0 aliphatic carbocycles.